The summed E-state index contributed by atoms with van der Waals surface area (Å²) in [7, 11) is -19.2. The first-order valence-corrected chi connectivity index (χ1v) is 16.7. The second kappa shape index (κ2) is 10.2. The summed E-state index contributed by atoms with van der Waals surface area (Å²) in [6.07, 6.45) is -0.719. The van der Waals surface area contributed by atoms with Crippen molar-refractivity contribution in [2.45, 2.75) is 47.2 Å². The molecule has 0 amide bonds. The molecule has 0 bridgehead atoms. The van der Waals surface area contributed by atoms with E-state index in [9.17, 15) is 52.4 Å². The molecule has 0 saturated heterocycles. The molecule has 2 aromatic carbocycles. The predicted octanol–water partition coefficient (Wildman–Crippen LogP) is 0.266. The van der Waals surface area contributed by atoms with Gasteiger partial charge in [-0.3, -0.25) is 18.7 Å². The van der Waals surface area contributed by atoms with Gasteiger partial charge in [-0.2, -0.15) is 26.3 Å². The van der Waals surface area contributed by atoms with Crippen LogP contribution >= 0.6 is 0 Å². The zero-order chi connectivity index (χ0) is 28.8. The average Bonchev–Trinajstić information content (AvgIpc) is 2.82. The molecule has 1 aliphatic carbocycles. The Morgan fingerprint density at radius 2 is 1.21 bits per heavy atom. The highest BCUT2D eigenvalue weighted by molar-refractivity contribution is 7.92. The van der Waals surface area contributed by atoms with E-state index in [1.165, 1.54) is 13.8 Å². The molecule has 0 heterocycles. The van der Waals surface area contributed by atoms with Crippen LogP contribution in [0.5, 0.6) is 0 Å². The van der Waals surface area contributed by atoms with E-state index in [1.54, 1.807) is 9.44 Å². The number of rotatable bonds is 10. The fourth-order valence-corrected chi connectivity index (χ4v) is 8.83. The monoisotopic (exact) mass is 610 g/mol. The summed E-state index contributed by atoms with van der Waals surface area (Å²) in [5.74, 6) is -1.93. The van der Waals surface area contributed by atoms with Gasteiger partial charge in [0.2, 0.25) is 20.0 Å². The molecule has 0 aromatic heterocycles. The summed E-state index contributed by atoms with van der Waals surface area (Å²) in [6.45, 7) is 2.56. The second-order valence-corrected chi connectivity index (χ2v) is 14.7. The molecule has 2 aromatic rings. The molecule has 0 fully saturated rings. The van der Waals surface area contributed by atoms with Crippen LogP contribution in [0.15, 0.2) is 46.2 Å². The van der Waals surface area contributed by atoms with Gasteiger partial charge in [-0.25, -0.2) is 16.8 Å². The van der Waals surface area contributed by atoms with Crippen LogP contribution < -0.4 is 9.44 Å². The third kappa shape index (κ3) is 5.71. The lowest BCUT2D eigenvalue weighted by Gasteiger charge is -2.22. The Morgan fingerprint density at radius 3 is 1.71 bits per heavy atom. The zero-order valence-corrected chi connectivity index (χ0v) is 22.9. The van der Waals surface area contributed by atoms with E-state index in [-0.39, 0.29) is 24.0 Å². The molecule has 2 atom stereocenters. The summed E-state index contributed by atoms with van der Waals surface area (Å²) in [5.41, 5.74) is -1.80. The minimum absolute atomic E-state index is 0.268. The maximum Gasteiger partial charge on any atom is 0.282 e. The highest BCUT2D eigenvalue weighted by Gasteiger charge is 2.38. The summed E-state index contributed by atoms with van der Waals surface area (Å²) < 4.78 is 120. The van der Waals surface area contributed by atoms with Crippen LogP contribution in [0, 0.1) is 0 Å². The lowest BCUT2D eigenvalue weighted by Crippen LogP contribution is -2.41. The maximum absolute atomic E-state index is 13.4. The lowest BCUT2D eigenvalue weighted by molar-refractivity contribution is 0.0976. The number of carbonyl (C=O) groups excluding carboxylic acids is 2. The normalized spacial score (nSPS) is 16.0. The Hall–Kier alpha value is -2.58. The van der Waals surface area contributed by atoms with Crippen molar-refractivity contribution in [3.8, 4) is 0 Å². The van der Waals surface area contributed by atoms with Gasteiger partial charge in [-0.15, -0.1) is 0 Å². The molecular formula is C20H22N2O12S4. The van der Waals surface area contributed by atoms with E-state index in [2.05, 4.69) is 0 Å². The van der Waals surface area contributed by atoms with Crippen LogP contribution in [0.1, 0.15) is 58.5 Å². The summed E-state index contributed by atoms with van der Waals surface area (Å²) >= 11 is 0. The molecule has 0 saturated carbocycles. The summed E-state index contributed by atoms with van der Waals surface area (Å²) in [6, 6.07) is 5.89. The number of benzene rings is 2. The van der Waals surface area contributed by atoms with Crippen LogP contribution in [-0.4, -0.2) is 65.1 Å². The molecule has 4 N–H and O–H groups in total. The standard InChI is InChI=1S/C20H22N2O12S4/c1-3-16(37(29,30)31)21-35(25,26)11-8-9-12-14(10-11)20(24)18-13(19(12)23)6-5-7-15(18)36(27,28)22-17(4-2)38(32,33)34/h5-10,16-17,21-22H,3-4H2,1-2H3,(H,29,30,31)(H,32,33,34). The Bertz CT molecular complexity index is 1760. The molecular weight excluding hydrogens is 588 g/mol. The van der Waals surface area contributed by atoms with Crippen LogP contribution in [-0.2, 0) is 40.3 Å². The van der Waals surface area contributed by atoms with Gasteiger partial charge >= 0.3 is 0 Å². The second-order valence-electron chi connectivity index (χ2n) is 8.11. The fourth-order valence-electron chi connectivity index (χ4n) is 3.72. The first kappa shape index (κ1) is 30.0. The summed E-state index contributed by atoms with van der Waals surface area (Å²) in [4.78, 5) is 25.1. The SMILES string of the molecule is CCC(NS(=O)(=O)c1ccc2c(c1)C(=O)c1c(cccc1S(=O)(=O)NC(CC)S(=O)(=O)O)C2=O)S(=O)(=O)O. The highest BCUT2D eigenvalue weighted by atomic mass is 32.2. The first-order chi connectivity index (χ1) is 17.3. The third-order valence-corrected chi connectivity index (χ3v) is 11.2. The number of nitrogens with one attached hydrogen (secondary N) is 2. The maximum atomic E-state index is 13.4. The molecule has 14 nitrogen and oxygen atoms in total. The van der Waals surface area contributed by atoms with E-state index < -0.39 is 83.5 Å². The summed E-state index contributed by atoms with van der Waals surface area (Å²) in [5, 5.41) is -3.86. The Labute approximate surface area is 219 Å². The molecule has 18 heteroatoms. The fraction of sp³-hybridized carbons (Fsp3) is 0.300. The van der Waals surface area contributed by atoms with E-state index in [4.69, 9.17) is 0 Å². The first-order valence-electron chi connectivity index (χ1n) is 10.7. The molecule has 3 rings (SSSR count). The average molecular weight is 611 g/mol. The van der Waals surface area contributed by atoms with Gasteiger partial charge in [0.1, 0.15) is 10.7 Å². The minimum Gasteiger partial charge on any atom is -0.289 e. The van der Waals surface area contributed by atoms with Gasteiger partial charge in [0.05, 0.1) is 15.4 Å². The van der Waals surface area contributed by atoms with Gasteiger partial charge in [-0.05, 0) is 37.1 Å². The van der Waals surface area contributed by atoms with E-state index >= 15 is 0 Å². The van der Waals surface area contributed by atoms with Crippen molar-refractivity contribution in [1.29, 1.82) is 0 Å². The van der Waals surface area contributed by atoms with Crippen molar-refractivity contribution in [2.24, 2.45) is 0 Å². The molecule has 1 aliphatic rings. The molecule has 0 aliphatic heterocycles. The van der Waals surface area contributed by atoms with Gasteiger partial charge in [0.15, 0.2) is 11.6 Å². The molecule has 38 heavy (non-hydrogen) atoms. The lowest BCUT2D eigenvalue weighted by atomic mass is 9.84. The Kier molecular flexibility index (Phi) is 8.04. The van der Waals surface area contributed by atoms with Gasteiger partial charge in [0.25, 0.3) is 20.2 Å². The van der Waals surface area contributed by atoms with Crippen molar-refractivity contribution in [3.63, 3.8) is 0 Å². The topological polar surface area (TPSA) is 235 Å². The number of sulfonamides is 2. The molecule has 0 spiro atoms. The van der Waals surface area contributed by atoms with Crippen molar-refractivity contribution in [2.75, 3.05) is 0 Å². The van der Waals surface area contributed by atoms with Crippen LogP contribution in [0.4, 0.5) is 0 Å². The number of carbonyl (C=O) groups is 2. The minimum atomic E-state index is -4.87. The number of fused-ring (bicyclic) bond motifs is 2. The zero-order valence-electron chi connectivity index (χ0n) is 19.6. The highest BCUT2D eigenvalue weighted by Crippen LogP contribution is 2.33. The van der Waals surface area contributed by atoms with E-state index in [1.807, 2.05) is 0 Å². The van der Waals surface area contributed by atoms with Crippen molar-refractivity contribution < 1.29 is 52.4 Å². The predicted molar refractivity (Wildman–Crippen MR) is 132 cm³/mol. The Balaban J connectivity index is 2.15. The van der Waals surface area contributed by atoms with Gasteiger partial charge < -0.3 is 0 Å². The van der Waals surface area contributed by atoms with Gasteiger partial charge in [0, 0.05) is 16.7 Å². The number of hydrogen-bond donors (Lipinski definition) is 4. The van der Waals surface area contributed by atoms with Crippen molar-refractivity contribution in [3.05, 3.63) is 58.7 Å². The molecule has 208 valence electrons. The van der Waals surface area contributed by atoms with Crippen LogP contribution in [0.2, 0.25) is 0 Å². The van der Waals surface area contributed by atoms with E-state index in [0.717, 1.165) is 36.4 Å². The molecule has 2 unspecified atom stereocenters. The number of ketones is 2. The van der Waals surface area contributed by atoms with E-state index in [0.29, 0.717) is 0 Å². The van der Waals surface area contributed by atoms with Crippen LogP contribution in [0.3, 0.4) is 0 Å². The van der Waals surface area contributed by atoms with Crippen molar-refractivity contribution in [1.82, 2.24) is 9.44 Å². The largest absolute Gasteiger partial charge is 0.289 e. The number of hydrogen-bond acceptors (Lipinski definition) is 10. The quantitative estimate of drug-likeness (QED) is 0.226. The van der Waals surface area contributed by atoms with Crippen LogP contribution in [0.25, 0.3) is 0 Å². The smallest absolute Gasteiger partial charge is 0.282 e. The van der Waals surface area contributed by atoms with Crippen molar-refractivity contribution >= 4 is 51.8 Å². The molecule has 0 radical (unpaired) electrons. The Morgan fingerprint density at radius 1 is 0.684 bits per heavy atom. The van der Waals surface area contributed by atoms with Gasteiger partial charge in [-0.1, -0.05) is 26.0 Å². The third-order valence-electron chi connectivity index (χ3n) is 5.61.